The van der Waals surface area contributed by atoms with Crippen LogP contribution in [0.4, 0.5) is 5.95 Å². The summed E-state index contributed by atoms with van der Waals surface area (Å²) in [6, 6.07) is 2.15. The molecule has 0 aromatic carbocycles. The molecule has 0 radical (unpaired) electrons. The van der Waals surface area contributed by atoms with E-state index in [1.54, 1.807) is 0 Å². The van der Waals surface area contributed by atoms with Crippen LogP contribution in [0.3, 0.4) is 0 Å². The van der Waals surface area contributed by atoms with Gasteiger partial charge in [-0.15, -0.1) is 11.3 Å². The minimum absolute atomic E-state index is 0.197. The van der Waals surface area contributed by atoms with Crippen LogP contribution in [0, 0.1) is 13.8 Å². The summed E-state index contributed by atoms with van der Waals surface area (Å²) in [6.45, 7) is 7.26. The average molecular weight is 369 g/mol. The number of hydrogen-bond acceptors (Lipinski definition) is 6. The van der Waals surface area contributed by atoms with Crippen molar-refractivity contribution in [3.05, 3.63) is 39.7 Å². The topological polar surface area (TPSA) is 68.5 Å². The fourth-order valence-corrected chi connectivity index (χ4v) is 4.59. The maximum absolute atomic E-state index is 4.75. The van der Waals surface area contributed by atoms with Gasteiger partial charge in [-0.1, -0.05) is 6.92 Å². The van der Waals surface area contributed by atoms with Crippen molar-refractivity contribution in [3.8, 4) is 11.3 Å². The van der Waals surface area contributed by atoms with Gasteiger partial charge in [0.25, 0.3) is 0 Å². The fraction of sp³-hybridized carbons (Fsp3) is 0.474. The second-order valence-corrected chi connectivity index (χ2v) is 8.05. The Balaban J connectivity index is 1.59. The van der Waals surface area contributed by atoms with Gasteiger partial charge in [0.05, 0.1) is 28.6 Å². The maximum Gasteiger partial charge on any atom is 0.223 e. The Hall–Kier alpha value is -2.28. The Morgan fingerprint density at radius 1 is 1.31 bits per heavy atom. The summed E-state index contributed by atoms with van der Waals surface area (Å²) in [4.78, 5) is 15.3. The zero-order chi connectivity index (χ0) is 18.1. The van der Waals surface area contributed by atoms with E-state index >= 15 is 0 Å². The normalized spacial score (nSPS) is 16.5. The first-order valence-electron chi connectivity index (χ1n) is 9.24. The molecule has 4 rings (SSSR count). The highest BCUT2D eigenvalue weighted by atomic mass is 32.1. The van der Waals surface area contributed by atoms with Crippen LogP contribution in [-0.2, 0) is 13.0 Å². The summed E-state index contributed by atoms with van der Waals surface area (Å²) in [5, 5.41) is 9.13. The minimum Gasteiger partial charge on any atom is -0.346 e. The Bertz CT molecular complexity index is 913. The third-order valence-corrected chi connectivity index (χ3v) is 5.88. The van der Waals surface area contributed by atoms with Crippen LogP contribution in [0.5, 0.6) is 0 Å². The molecule has 1 aliphatic rings. The van der Waals surface area contributed by atoms with Crippen LogP contribution in [-0.4, -0.2) is 24.7 Å². The number of anilines is 1. The van der Waals surface area contributed by atoms with Crippen LogP contribution < -0.4 is 5.32 Å². The molecule has 0 saturated carbocycles. The maximum atomic E-state index is 4.75. The van der Waals surface area contributed by atoms with Crippen LogP contribution >= 0.6 is 11.3 Å². The predicted molar refractivity (Wildman–Crippen MR) is 104 cm³/mol. The Morgan fingerprint density at radius 3 is 3.04 bits per heavy atom. The number of nitrogens with zero attached hydrogens (tertiary/aromatic N) is 5. The second-order valence-electron chi connectivity index (χ2n) is 6.76. The number of aryl methyl sites for hydroxylation is 3. The zero-order valence-electron chi connectivity index (χ0n) is 15.5. The summed E-state index contributed by atoms with van der Waals surface area (Å²) < 4.78 is 2.04. The van der Waals surface area contributed by atoms with Crippen LogP contribution in [0.2, 0.25) is 0 Å². The first kappa shape index (κ1) is 17.1. The van der Waals surface area contributed by atoms with E-state index in [2.05, 4.69) is 36.2 Å². The monoisotopic (exact) mass is 368 g/mol. The lowest BCUT2D eigenvalue weighted by Crippen LogP contribution is -2.18. The van der Waals surface area contributed by atoms with Gasteiger partial charge in [-0.25, -0.2) is 15.0 Å². The van der Waals surface area contributed by atoms with Gasteiger partial charge in [-0.3, -0.25) is 4.68 Å². The van der Waals surface area contributed by atoms with Crippen molar-refractivity contribution in [2.75, 3.05) is 5.32 Å². The van der Waals surface area contributed by atoms with Gasteiger partial charge in [0.2, 0.25) is 5.95 Å². The summed E-state index contributed by atoms with van der Waals surface area (Å²) in [5.41, 5.74) is 4.30. The van der Waals surface area contributed by atoms with E-state index in [9.17, 15) is 0 Å². The SMILES string of the molecule is CCCn1ncc(-c2ccnc(NC3CCCc4sc(C)nc43)n2)c1C. The number of thiazole rings is 1. The Morgan fingerprint density at radius 2 is 2.19 bits per heavy atom. The average Bonchev–Trinajstić information content (AvgIpc) is 3.19. The molecule has 3 aromatic rings. The highest BCUT2D eigenvalue weighted by molar-refractivity contribution is 7.11. The van der Waals surface area contributed by atoms with Crippen LogP contribution in [0.1, 0.15) is 53.5 Å². The van der Waals surface area contributed by atoms with E-state index < -0.39 is 0 Å². The first-order valence-corrected chi connectivity index (χ1v) is 10.1. The first-order chi connectivity index (χ1) is 12.7. The largest absolute Gasteiger partial charge is 0.346 e. The molecule has 6 nitrogen and oxygen atoms in total. The number of hydrogen-bond donors (Lipinski definition) is 1. The molecule has 1 aliphatic carbocycles. The van der Waals surface area contributed by atoms with Crippen molar-refractivity contribution in [3.63, 3.8) is 0 Å². The molecule has 136 valence electrons. The molecule has 26 heavy (non-hydrogen) atoms. The molecule has 0 saturated heterocycles. The van der Waals surface area contributed by atoms with Gasteiger partial charge in [0.1, 0.15) is 0 Å². The Labute approximate surface area is 157 Å². The van der Waals surface area contributed by atoms with Gasteiger partial charge < -0.3 is 5.32 Å². The van der Waals surface area contributed by atoms with E-state index in [1.807, 2.05) is 34.5 Å². The van der Waals surface area contributed by atoms with Gasteiger partial charge in [0, 0.05) is 28.9 Å². The molecule has 1 atom stereocenters. The van der Waals surface area contributed by atoms with Crippen molar-refractivity contribution in [2.24, 2.45) is 0 Å². The van der Waals surface area contributed by atoms with Crippen LogP contribution in [0.25, 0.3) is 11.3 Å². The highest BCUT2D eigenvalue weighted by Crippen LogP contribution is 2.34. The van der Waals surface area contributed by atoms with Crippen molar-refractivity contribution >= 4 is 17.3 Å². The number of aromatic nitrogens is 5. The fourth-order valence-electron chi connectivity index (χ4n) is 3.55. The molecule has 0 bridgehead atoms. The summed E-state index contributed by atoms with van der Waals surface area (Å²) in [6.07, 6.45) is 8.16. The van der Waals surface area contributed by atoms with Crippen molar-refractivity contribution < 1.29 is 0 Å². The van der Waals surface area contributed by atoms with E-state index in [0.717, 1.165) is 47.8 Å². The Kier molecular flexibility index (Phi) is 4.72. The second kappa shape index (κ2) is 7.15. The molecular formula is C19H24N6S. The molecule has 3 aromatic heterocycles. The summed E-state index contributed by atoms with van der Waals surface area (Å²) >= 11 is 1.81. The molecule has 0 aliphatic heterocycles. The number of fused-ring (bicyclic) bond motifs is 1. The van der Waals surface area contributed by atoms with Gasteiger partial charge in [0.15, 0.2) is 0 Å². The molecular weight excluding hydrogens is 344 g/mol. The number of nitrogens with one attached hydrogen (secondary N) is 1. The third-order valence-electron chi connectivity index (χ3n) is 4.83. The molecule has 1 N–H and O–H groups in total. The predicted octanol–water partition coefficient (Wildman–Crippen LogP) is 4.31. The quantitative estimate of drug-likeness (QED) is 0.727. The molecule has 0 fully saturated rings. The molecule has 7 heteroatoms. The van der Waals surface area contributed by atoms with E-state index in [-0.39, 0.29) is 6.04 Å². The summed E-state index contributed by atoms with van der Waals surface area (Å²) in [7, 11) is 0. The molecule has 0 spiro atoms. The standard InChI is InChI=1S/C19H24N6S/c1-4-10-25-12(2)14(11-21-25)15-8-9-20-19(23-15)24-16-6-5-7-17-18(16)22-13(3)26-17/h8-9,11,16H,4-7,10H2,1-3H3,(H,20,23,24). The molecule has 3 heterocycles. The van der Waals surface area contributed by atoms with E-state index in [4.69, 9.17) is 9.97 Å². The van der Waals surface area contributed by atoms with Crippen LogP contribution in [0.15, 0.2) is 18.5 Å². The van der Waals surface area contributed by atoms with E-state index in [1.165, 1.54) is 17.0 Å². The molecule has 1 unspecified atom stereocenters. The van der Waals surface area contributed by atoms with Gasteiger partial charge >= 0.3 is 0 Å². The lowest BCUT2D eigenvalue weighted by molar-refractivity contribution is 0.587. The smallest absolute Gasteiger partial charge is 0.223 e. The zero-order valence-corrected chi connectivity index (χ0v) is 16.3. The minimum atomic E-state index is 0.197. The highest BCUT2D eigenvalue weighted by Gasteiger charge is 2.24. The lowest BCUT2D eigenvalue weighted by atomic mass is 9.98. The summed E-state index contributed by atoms with van der Waals surface area (Å²) in [5.74, 6) is 0.661. The number of rotatable bonds is 5. The lowest BCUT2D eigenvalue weighted by Gasteiger charge is -2.22. The van der Waals surface area contributed by atoms with E-state index in [0.29, 0.717) is 5.95 Å². The molecule has 0 amide bonds. The van der Waals surface area contributed by atoms with Gasteiger partial charge in [-0.05, 0) is 45.6 Å². The third kappa shape index (κ3) is 3.23. The van der Waals surface area contributed by atoms with Crippen molar-refractivity contribution in [2.45, 2.75) is 59.0 Å². The van der Waals surface area contributed by atoms with Gasteiger partial charge in [-0.2, -0.15) is 5.10 Å². The van der Waals surface area contributed by atoms with Crippen molar-refractivity contribution in [1.29, 1.82) is 0 Å². The van der Waals surface area contributed by atoms with Crippen molar-refractivity contribution in [1.82, 2.24) is 24.7 Å².